The van der Waals surface area contributed by atoms with Gasteiger partial charge in [-0.25, -0.2) is 0 Å². The van der Waals surface area contributed by atoms with Crippen LogP contribution in [0.15, 0.2) is 30.3 Å². The fourth-order valence-corrected chi connectivity index (χ4v) is 2.38. The zero-order chi connectivity index (χ0) is 11.8. The molecule has 1 aromatic carbocycles. The summed E-state index contributed by atoms with van der Waals surface area (Å²) in [5, 5.41) is -0.0415. The Kier molecular flexibility index (Phi) is 6.01. The van der Waals surface area contributed by atoms with Crippen molar-refractivity contribution in [2.45, 2.75) is 31.3 Å². The van der Waals surface area contributed by atoms with Crippen molar-refractivity contribution >= 4 is 17.7 Å². The van der Waals surface area contributed by atoms with Gasteiger partial charge in [0.05, 0.1) is 6.61 Å². The lowest BCUT2D eigenvalue weighted by atomic mass is 10.2. The van der Waals surface area contributed by atoms with Crippen molar-refractivity contribution < 1.29 is 9.53 Å². The van der Waals surface area contributed by atoms with Crippen molar-refractivity contribution in [1.82, 2.24) is 0 Å². The Morgan fingerprint density at radius 2 is 2.00 bits per heavy atom. The van der Waals surface area contributed by atoms with E-state index in [4.69, 9.17) is 4.74 Å². The Bertz CT molecular complexity index is 311. The molecule has 16 heavy (non-hydrogen) atoms. The Morgan fingerprint density at radius 1 is 1.31 bits per heavy atom. The molecule has 1 rings (SSSR count). The maximum atomic E-state index is 11.6. The molecule has 0 aliphatic heterocycles. The number of carbonyl (C=O) groups is 1. The van der Waals surface area contributed by atoms with Crippen LogP contribution in [0, 0.1) is 0 Å². The summed E-state index contributed by atoms with van der Waals surface area (Å²) in [6, 6.07) is 10.2. The van der Waals surface area contributed by atoms with Crippen molar-refractivity contribution in [1.29, 1.82) is 0 Å². The van der Waals surface area contributed by atoms with Crippen LogP contribution in [0.25, 0.3) is 0 Å². The molecule has 0 heterocycles. The van der Waals surface area contributed by atoms with Gasteiger partial charge in [0, 0.05) is 5.75 Å². The second-order valence-corrected chi connectivity index (χ2v) is 4.64. The van der Waals surface area contributed by atoms with Gasteiger partial charge in [0.2, 0.25) is 0 Å². The van der Waals surface area contributed by atoms with Gasteiger partial charge in [-0.1, -0.05) is 37.3 Å². The molecule has 0 radical (unpaired) electrons. The molecule has 0 aliphatic rings. The van der Waals surface area contributed by atoms with Crippen molar-refractivity contribution in [2.75, 3.05) is 6.61 Å². The second kappa shape index (κ2) is 7.34. The second-order valence-electron chi connectivity index (χ2n) is 3.45. The van der Waals surface area contributed by atoms with Gasteiger partial charge in [-0.15, -0.1) is 11.8 Å². The van der Waals surface area contributed by atoms with Gasteiger partial charge >= 0.3 is 5.97 Å². The van der Waals surface area contributed by atoms with Gasteiger partial charge in [-0.05, 0) is 18.9 Å². The van der Waals surface area contributed by atoms with E-state index in [0.717, 1.165) is 12.2 Å². The molecule has 1 atom stereocenters. The number of rotatable bonds is 6. The van der Waals surface area contributed by atoms with E-state index < -0.39 is 0 Å². The summed E-state index contributed by atoms with van der Waals surface area (Å²) < 4.78 is 5.02. The molecule has 0 amide bonds. The summed E-state index contributed by atoms with van der Waals surface area (Å²) in [7, 11) is 0. The highest BCUT2D eigenvalue weighted by atomic mass is 32.2. The fourth-order valence-electron chi connectivity index (χ4n) is 1.36. The Labute approximate surface area is 101 Å². The lowest BCUT2D eigenvalue weighted by molar-refractivity contribution is -0.142. The maximum absolute atomic E-state index is 11.6. The first-order chi connectivity index (χ1) is 7.77. The van der Waals surface area contributed by atoms with E-state index in [1.54, 1.807) is 11.8 Å². The number of esters is 1. The molecular weight excluding hydrogens is 220 g/mol. The molecule has 1 unspecified atom stereocenters. The predicted molar refractivity (Wildman–Crippen MR) is 68.4 cm³/mol. The van der Waals surface area contributed by atoms with E-state index in [1.165, 1.54) is 5.56 Å². The van der Waals surface area contributed by atoms with E-state index in [9.17, 15) is 4.79 Å². The highest BCUT2D eigenvalue weighted by Gasteiger charge is 2.17. The molecule has 0 aromatic heterocycles. The largest absolute Gasteiger partial charge is 0.465 e. The normalized spacial score (nSPS) is 12.1. The Morgan fingerprint density at radius 3 is 2.56 bits per heavy atom. The number of thioether (sulfide) groups is 1. The average Bonchev–Trinajstić information content (AvgIpc) is 2.31. The molecule has 88 valence electrons. The average molecular weight is 238 g/mol. The first-order valence-electron chi connectivity index (χ1n) is 5.60. The van der Waals surface area contributed by atoms with E-state index in [1.807, 2.05) is 32.0 Å². The van der Waals surface area contributed by atoms with Crippen LogP contribution in [0.2, 0.25) is 0 Å². The number of hydrogen-bond donors (Lipinski definition) is 0. The monoisotopic (exact) mass is 238 g/mol. The van der Waals surface area contributed by atoms with Crippen LogP contribution in [0.1, 0.15) is 25.8 Å². The molecule has 0 fully saturated rings. The lowest BCUT2D eigenvalue weighted by Gasteiger charge is -2.12. The maximum Gasteiger partial charge on any atom is 0.319 e. The molecule has 0 saturated heterocycles. The van der Waals surface area contributed by atoms with Crippen molar-refractivity contribution in [3.05, 3.63) is 35.9 Å². The number of benzene rings is 1. The topological polar surface area (TPSA) is 26.3 Å². The van der Waals surface area contributed by atoms with E-state index in [-0.39, 0.29) is 11.2 Å². The van der Waals surface area contributed by atoms with E-state index in [0.29, 0.717) is 6.61 Å². The van der Waals surface area contributed by atoms with Crippen molar-refractivity contribution in [3.8, 4) is 0 Å². The van der Waals surface area contributed by atoms with Crippen molar-refractivity contribution in [3.63, 3.8) is 0 Å². The highest BCUT2D eigenvalue weighted by Crippen LogP contribution is 2.21. The summed E-state index contributed by atoms with van der Waals surface area (Å²) in [4.78, 5) is 11.6. The molecule has 0 bridgehead atoms. The molecule has 0 spiro atoms. The molecule has 0 saturated carbocycles. The van der Waals surface area contributed by atoms with Crippen molar-refractivity contribution in [2.24, 2.45) is 0 Å². The summed E-state index contributed by atoms with van der Waals surface area (Å²) in [6.45, 7) is 4.31. The molecule has 1 aromatic rings. The van der Waals surface area contributed by atoms with Gasteiger partial charge in [0.15, 0.2) is 0 Å². The predicted octanol–water partition coefficient (Wildman–Crippen LogP) is 3.26. The van der Waals surface area contributed by atoms with Crippen LogP contribution in [0.3, 0.4) is 0 Å². The summed E-state index contributed by atoms with van der Waals surface area (Å²) in [5.41, 5.74) is 1.25. The van der Waals surface area contributed by atoms with Gasteiger partial charge in [0.1, 0.15) is 5.25 Å². The molecule has 0 aliphatic carbocycles. The molecule has 0 N–H and O–H groups in total. The minimum Gasteiger partial charge on any atom is -0.465 e. The Balaban J connectivity index is 2.43. The summed E-state index contributed by atoms with van der Waals surface area (Å²) in [6.07, 6.45) is 0.816. The Hall–Kier alpha value is -0.960. The number of hydrogen-bond acceptors (Lipinski definition) is 3. The molecule has 2 nitrogen and oxygen atoms in total. The zero-order valence-corrected chi connectivity index (χ0v) is 10.6. The van der Waals surface area contributed by atoms with Crippen LogP contribution in [0.4, 0.5) is 0 Å². The fraction of sp³-hybridized carbons (Fsp3) is 0.462. The quantitative estimate of drug-likeness (QED) is 0.712. The van der Waals surface area contributed by atoms with Crippen LogP contribution in [-0.2, 0) is 15.3 Å². The zero-order valence-electron chi connectivity index (χ0n) is 9.81. The first kappa shape index (κ1) is 13.1. The van der Waals surface area contributed by atoms with Gasteiger partial charge in [-0.3, -0.25) is 4.79 Å². The minimum absolute atomic E-state index is 0.0415. The SMILES string of the molecule is CCOC(=O)C(CC)SCc1ccccc1. The number of carbonyl (C=O) groups excluding carboxylic acids is 1. The van der Waals surface area contributed by atoms with E-state index >= 15 is 0 Å². The number of ether oxygens (including phenoxy) is 1. The van der Waals surface area contributed by atoms with Gasteiger partial charge in [-0.2, -0.15) is 0 Å². The standard InChI is InChI=1S/C13H18O2S/c1-3-12(13(14)15-4-2)16-10-11-8-6-5-7-9-11/h5-9,12H,3-4,10H2,1-2H3. The van der Waals surface area contributed by atoms with Crippen LogP contribution < -0.4 is 0 Å². The summed E-state index contributed by atoms with van der Waals surface area (Å²) >= 11 is 1.65. The highest BCUT2D eigenvalue weighted by molar-refractivity contribution is 7.99. The van der Waals surface area contributed by atoms with Crippen LogP contribution in [-0.4, -0.2) is 17.8 Å². The first-order valence-corrected chi connectivity index (χ1v) is 6.65. The van der Waals surface area contributed by atoms with Gasteiger partial charge < -0.3 is 4.74 Å². The molecule has 3 heteroatoms. The summed E-state index contributed by atoms with van der Waals surface area (Å²) in [5.74, 6) is 0.768. The third-order valence-corrected chi connectivity index (χ3v) is 3.64. The van der Waals surface area contributed by atoms with Crippen LogP contribution in [0.5, 0.6) is 0 Å². The third-order valence-electron chi connectivity index (χ3n) is 2.21. The third kappa shape index (κ3) is 4.27. The minimum atomic E-state index is -0.0917. The van der Waals surface area contributed by atoms with E-state index in [2.05, 4.69) is 12.1 Å². The van der Waals surface area contributed by atoms with Gasteiger partial charge in [0.25, 0.3) is 0 Å². The lowest BCUT2D eigenvalue weighted by Crippen LogP contribution is -2.19. The van der Waals surface area contributed by atoms with Crippen LogP contribution >= 0.6 is 11.8 Å². The molecular formula is C13H18O2S. The smallest absolute Gasteiger partial charge is 0.319 e.